The van der Waals surface area contributed by atoms with Gasteiger partial charge in [-0.2, -0.15) is 13.2 Å². The van der Waals surface area contributed by atoms with Crippen molar-refractivity contribution in [3.63, 3.8) is 0 Å². The van der Waals surface area contributed by atoms with Crippen LogP contribution in [-0.4, -0.2) is 67.9 Å². The highest BCUT2D eigenvalue weighted by atomic mass is 19.4. The number of ether oxygens (including phenoxy) is 1. The van der Waals surface area contributed by atoms with E-state index in [0.29, 0.717) is 18.6 Å². The number of rotatable bonds is 4. The molecule has 12 heteroatoms. The third-order valence-electron chi connectivity index (χ3n) is 5.70. The second-order valence-electron chi connectivity index (χ2n) is 8.08. The molecule has 1 amide bonds. The minimum atomic E-state index is -4.54. The lowest BCUT2D eigenvalue weighted by molar-refractivity contribution is -0.126. The average Bonchev–Trinajstić information content (AvgIpc) is 2.72. The van der Waals surface area contributed by atoms with Crippen LogP contribution in [0.3, 0.4) is 0 Å². The zero-order valence-corrected chi connectivity index (χ0v) is 17.6. The zero-order chi connectivity index (χ0) is 23.2. The van der Waals surface area contributed by atoms with E-state index in [9.17, 15) is 22.8 Å². The quantitative estimate of drug-likeness (QED) is 0.537. The minimum absolute atomic E-state index is 0.0644. The summed E-state index contributed by atoms with van der Waals surface area (Å²) < 4.78 is 59.7. The molecular formula is C20H23F4N5O3. The summed E-state index contributed by atoms with van der Waals surface area (Å²) in [6.45, 7) is 3.17. The molecule has 2 aliphatic heterocycles. The molecule has 0 radical (unpaired) electrons. The van der Waals surface area contributed by atoms with Gasteiger partial charge in [0.25, 0.3) is 5.91 Å². The lowest BCUT2D eigenvalue weighted by Gasteiger charge is -2.37. The number of amides is 1. The summed E-state index contributed by atoms with van der Waals surface area (Å²) in [5.41, 5.74) is 3.10. The van der Waals surface area contributed by atoms with Gasteiger partial charge in [-0.05, 0) is 20.0 Å². The molecule has 1 aromatic heterocycles. The van der Waals surface area contributed by atoms with Crippen LogP contribution in [0.1, 0.15) is 23.3 Å². The predicted molar refractivity (Wildman–Crippen MR) is 110 cm³/mol. The molecular weight excluding hydrogens is 434 g/mol. The van der Waals surface area contributed by atoms with Crippen molar-refractivity contribution in [1.29, 1.82) is 0 Å². The SMILES string of the molecule is C[C@H]1COc2c(N3CCN(C)CC3)c(F)cc3c(=O)c(C(=O)NNCC(F)(F)F)cn1c23. The second kappa shape index (κ2) is 8.24. The van der Waals surface area contributed by atoms with Crippen LogP contribution < -0.4 is 25.9 Å². The summed E-state index contributed by atoms with van der Waals surface area (Å²) in [5, 5.41) is -0.0644. The molecule has 0 saturated carbocycles. The molecule has 3 heterocycles. The molecule has 8 nitrogen and oxygen atoms in total. The van der Waals surface area contributed by atoms with Gasteiger partial charge < -0.3 is 19.1 Å². The van der Waals surface area contributed by atoms with Gasteiger partial charge in [-0.1, -0.05) is 0 Å². The van der Waals surface area contributed by atoms with E-state index in [2.05, 4.69) is 4.90 Å². The van der Waals surface area contributed by atoms with E-state index < -0.39 is 35.4 Å². The first kappa shape index (κ1) is 22.3. The highest BCUT2D eigenvalue weighted by molar-refractivity contribution is 5.99. The van der Waals surface area contributed by atoms with Gasteiger partial charge in [0.05, 0.1) is 16.9 Å². The Hall–Kier alpha value is -2.86. The van der Waals surface area contributed by atoms with E-state index in [4.69, 9.17) is 4.74 Å². The first-order valence-electron chi connectivity index (χ1n) is 10.1. The number of pyridine rings is 1. The van der Waals surface area contributed by atoms with Crippen molar-refractivity contribution in [2.75, 3.05) is 51.3 Å². The number of carbonyl (C=O) groups is 1. The van der Waals surface area contributed by atoms with Crippen molar-refractivity contribution in [2.45, 2.75) is 19.1 Å². The smallest absolute Gasteiger partial charge is 0.402 e. The van der Waals surface area contributed by atoms with E-state index in [1.807, 2.05) is 17.4 Å². The lowest BCUT2D eigenvalue weighted by Crippen LogP contribution is -2.45. The summed E-state index contributed by atoms with van der Waals surface area (Å²) in [5.74, 6) is -1.45. The Morgan fingerprint density at radius 3 is 2.59 bits per heavy atom. The number of hydrazine groups is 1. The summed E-state index contributed by atoms with van der Waals surface area (Å²) in [4.78, 5) is 29.4. The van der Waals surface area contributed by atoms with Crippen LogP contribution in [0, 0.1) is 5.82 Å². The molecule has 1 saturated heterocycles. The van der Waals surface area contributed by atoms with E-state index in [1.165, 1.54) is 6.20 Å². The number of anilines is 1. The number of hydrogen-bond acceptors (Lipinski definition) is 6. The number of halogens is 4. The molecule has 2 aliphatic rings. The largest absolute Gasteiger partial charge is 0.487 e. The number of nitrogens with zero attached hydrogens (tertiary/aromatic N) is 3. The molecule has 0 aliphatic carbocycles. The van der Waals surface area contributed by atoms with Crippen molar-refractivity contribution in [2.24, 2.45) is 0 Å². The molecule has 0 spiro atoms. The summed E-state index contributed by atoms with van der Waals surface area (Å²) >= 11 is 0. The van der Waals surface area contributed by atoms with Gasteiger partial charge in [0.15, 0.2) is 11.6 Å². The Morgan fingerprint density at radius 2 is 1.94 bits per heavy atom. The fourth-order valence-electron chi connectivity index (χ4n) is 3.99. The number of alkyl halides is 3. The van der Waals surface area contributed by atoms with Crippen molar-refractivity contribution < 1.29 is 27.1 Å². The van der Waals surface area contributed by atoms with Crippen LogP contribution in [0.25, 0.3) is 10.9 Å². The van der Waals surface area contributed by atoms with Crippen molar-refractivity contribution in [3.05, 3.63) is 33.9 Å². The Morgan fingerprint density at radius 1 is 1.25 bits per heavy atom. The van der Waals surface area contributed by atoms with Crippen molar-refractivity contribution >= 4 is 22.5 Å². The zero-order valence-electron chi connectivity index (χ0n) is 17.6. The summed E-state index contributed by atoms with van der Waals surface area (Å²) in [7, 11) is 1.98. The fourth-order valence-corrected chi connectivity index (χ4v) is 3.99. The van der Waals surface area contributed by atoms with Crippen LogP contribution in [0.5, 0.6) is 5.75 Å². The van der Waals surface area contributed by atoms with Gasteiger partial charge >= 0.3 is 6.18 Å². The molecule has 1 atom stereocenters. The standard InChI is InChI=1S/C20H23F4N5O3/c1-11-9-32-18-15-12(7-14(21)16(18)28-5-3-27(2)4-6-28)17(30)13(8-29(11)15)19(31)26-25-10-20(22,23)24/h7-8,11,25H,3-6,9-10H2,1-2H3,(H,26,31)/t11-/m0/s1. The Balaban J connectivity index is 1.78. The van der Waals surface area contributed by atoms with Gasteiger partial charge in [0.1, 0.15) is 24.4 Å². The predicted octanol–water partition coefficient (Wildman–Crippen LogP) is 1.64. The van der Waals surface area contributed by atoms with Crippen LogP contribution >= 0.6 is 0 Å². The van der Waals surface area contributed by atoms with E-state index in [0.717, 1.165) is 19.2 Å². The molecule has 2 aromatic rings. The first-order chi connectivity index (χ1) is 15.1. The van der Waals surface area contributed by atoms with E-state index >= 15 is 4.39 Å². The molecule has 2 N–H and O–H groups in total. The topological polar surface area (TPSA) is 78.8 Å². The minimum Gasteiger partial charge on any atom is -0.487 e. The number of benzene rings is 1. The van der Waals surface area contributed by atoms with Gasteiger partial charge in [0, 0.05) is 32.4 Å². The number of aromatic nitrogens is 1. The Labute approximate surface area is 180 Å². The molecule has 1 fully saturated rings. The van der Waals surface area contributed by atoms with Crippen LogP contribution in [0.4, 0.5) is 23.2 Å². The van der Waals surface area contributed by atoms with Crippen LogP contribution in [-0.2, 0) is 0 Å². The van der Waals surface area contributed by atoms with E-state index in [1.54, 1.807) is 16.9 Å². The highest BCUT2D eigenvalue weighted by Gasteiger charge is 2.31. The maximum absolute atomic E-state index is 15.2. The number of likely N-dealkylation sites (N-methyl/N-ethyl adjacent to an activating group) is 1. The highest BCUT2D eigenvalue weighted by Crippen LogP contribution is 2.42. The Kier molecular flexibility index (Phi) is 5.76. The van der Waals surface area contributed by atoms with Crippen LogP contribution in [0.2, 0.25) is 0 Å². The lowest BCUT2D eigenvalue weighted by atomic mass is 10.0. The van der Waals surface area contributed by atoms with Crippen LogP contribution in [0.15, 0.2) is 17.1 Å². The maximum atomic E-state index is 15.2. The van der Waals surface area contributed by atoms with Gasteiger partial charge in [0.2, 0.25) is 5.43 Å². The normalized spacial score (nSPS) is 19.2. The molecule has 4 rings (SSSR count). The number of nitrogens with one attached hydrogen (secondary N) is 2. The van der Waals surface area contributed by atoms with Gasteiger partial charge in [-0.15, -0.1) is 0 Å². The number of piperazine rings is 1. The third kappa shape index (κ3) is 4.11. The first-order valence-corrected chi connectivity index (χ1v) is 10.1. The van der Waals surface area contributed by atoms with E-state index in [-0.39, 0.29) is 29.5 Å². The maximum Gasteiger partial charge on any atom is 0.402 e. The van der Waals surface area contributed by atoms with Crippen molar-refractivity contribution in [1.82, 2.24) is 20.3 Å². The molecule has 32 heavy (non-hydrogen) atoms. The second-order valence-corrected chi connectivity index (χ2v) is 8.08. The molecule has 0 unspecified atom stereocenters. The summed E-state index contributed by atoms with van der Waals surface area (Å²) in [6, 6.07) is 0.790. The Bertz CT molecular complexity index is 1110. The number of carbonyl (C=O) groups excluding carboxylic acids is 1. The molecule has 0 bridgehead atoms. The van der Waals surface area contributed by atoms with Crippen molar-refractivity contribution in [3.8, 4) is 5.75 Å². The third-order valence-corrected chi connectivity index (χ3v) is 5.70. The van der Waals surface area contributed by atoms with Gasteiger partial charge in [-0.25, -0.2) is 9.82 Å². The molecule has 1 aromatic carbocycles. The summed E-state index contributed by atoms with van der Waals surface area (Å²) in [6.07, 6.45) is -3.25. The average molecular weight is 457 g/mol. The monoisotopic (exact) mass is 457 g/mol. The molecule has 174 valence electrons. The number of hydrogen-bond donors (Lipinski definition) is 2. The van der Waals surface area contributed by atoms with Gasteiger partial charge in [-0.3, -0.25) is 15.0 Å². The fraction of sp³-hybridized carbons (Fsp3) is 0.500.